The molecule has 3 rings (SSSR count). The molecule has 6 nitrogen and oxygen atoms in total. The molecule has 1 heterocycles. The van der Waals surface area contributed by atoms with Gasteiger partial charge < -0.3 is 4.90 Å². The van der Waals surface area contributed by atoms with Crippen LogP contribution in [0.5, 0.6) is 0 Å². The summed E-state index contributed by atoms with van der Waals surface area (Å²) in [6.07, 6.45) is 1.45. The smallest absolute Gasteiger partial charge is 0.233 e. The Morgan fingerprint density at radius 2 is 1.82 bits per heavy atom. The first-order valence-electron chi connectivity index (χ1n) is 8.98. The van der Waals surface area contributed by atoms with E-state index in [4.69, 9.17) is 0 Å². The highest BCUT2D eigenvalue weighted by molar-refractivity contribution is 7.91. The van der Waals surface area contributed by atoms with Gasteiger partial charge in [-0.05, 0) is 17.7 Å². The van der Waals surface area contributed by atoms with Crippen molar-refractivity contribution in [3.63, 3.8) is 0 Å². The number of nitrogens with zero attached hydrogens (tertiary/aromatic N) is 2. The normalized spacial score (nSPS) is 11.9. The number of rotatable bonds is 7. The maximum Gasteiger partial charge on any atom is 0.233 e. The van der Waals surface area contributed by atoms with Gasteiger partial charge in [0, 0.05) is 6.26 Å². The molecule has 3 aromatic rings. The van der Waals surface area contributed by atoms with E-state index in [0.29, 0.717) is 17.2 Å². The van der Waals surface area contributed by atoms with Crippen molar-refractivity contribution in [1.82, 2.24) is 4.98 Å². The van der Waals surface area contributed by atoms with Gasteiger partial charge in [-0.15, -0.1) is 0 Å². The second-order valence-electron chi connectivity index (χ2n) is 7.04. The number of amides is 1. The number of quaternary nitrogens is 1. The van der Waals surface area contributed by atoms with Gasteiger partial charge in [0.25, 0.3) is 0 Å². The van der Waals surface area contributed by atoms with Gasteiger partial charge >= 0.3 is 0 Å². The van der Waals surface area contributed by atoms with E-state index in [1.807, 2.05) is 50.5 Å². The lowest BCUT2D eigenvalue weighted by atomic mass is 10.1. The number of anilines is 1. The molecular weight excluding hydrogens is 394 g/mol. The van der Waals surface area contributed by atoms with Gasteiger partial charge in [-0.1, -0.05) is 47.7 Å². The Kier molecular flexibility index (Phi) is 6.12. The molecule has 8 heteroatoms. The number of nitrogens with one attached hydrogen (secondary N) is 1. The largest absolute Gasteiger partial charge is 0.338 e. The fourth-order valence-corrected chi connectivity index (χ4v) is 4.79. The van der Waals surface area contributed by atoms with Crippen molar-refractivity contribution < 1.29 is 18.1 Å². The standard InChI is InChI=1S/C20H23N3O3S2/c1-22(2)12-13-23(18(24)14-15-8-5-4-6-9-15)20-21-19-16(27-20)10-7-11-17(19)28(3,25)26/h4-11H,12-14H2,1-3H3/p+1. The van der Waals surface area contributed by atoms with E-state index in [1.54, 1.807) is 17.0 Å². The summed E-state index contributed by atoms with van der Waals surface area (Å²) in [7, 11) is 0.656. The van der Waals surface area contributed by atoms with Crippen LogP contribution < -0.4 is 9.80 Å². The van der Waals surface area contributed by atoms with E-state index in [1.165, 1.54) is 22.5 Å². The second-order valence-corrected chi connectivity index (χ2v) is 10.0. The Bertz CT molecular complexity index is 1080. The Hall–Kier alpha value is -2.29. The van der Waals surface area contributed by atoms with Crippen LogP contribution in [0.1, 0.15) is 5.56 Å². The molecule has 0 atom stereocenters. The zero-order valence-corrected chi connectivity index (χ0v) is 17.8. The Labute approximate surface area is 169 Å². The number of sulfone groups is 1. The van der Waals surface area contributed by atoms with Crippen LogP contribution >= 0.6 is 11.3 Å². The molecule has 0 bridgehead atoms. The number of thiazole rings is 1. The lowest BCUT2D eigenvalue weighted by Gasteiger charge is -2.20. The molecule has 0 spiro atoms. The molecule has 0 unspecified atom stereocenters. The number of para-hydroxylation sites is 1. The van der Waals surface area contributed by atoms with E-state index < -0.39 is 9.84 Å². The average molecular weight is 419 g/mol. The van der Waals surface area contributed by atoms with Crippen LogP contribution in [0.15, 0.2) is 53.4 Å². The Balaban J connectivity index is 1.99. The first kappa shape index (κ1) is 20.4. The molecule has 148 valence electrons. The highest BCUT2D eigenvalue weighted by Crippen LogP contribution is 2.32. The molecule has 0 radical (unpaired) electrons. The molecule has 0 saturated heterocycles. The zero-order valence-electron chi connectivity index (χ0n) is 16.2. The van der Waals surface area contributed by atoms with Crippen molar-refractivity contribution in [2.24, 2.45) is 0 Å². The maximum absolute atomic E-state index is 13.0. The van der Waals surface area contributed by atoms with Crippen molar-refractivity contribution in [1.29, 1.82) is 0 Å². The molecule has 0 fully saturated rings. The highest BCUT2D eigenvalue weighted by atomic mass is 32.2. The minimum atomic E-state index is -3.40. The number of fused-ring (bicyclic) bond motifs is 1. The third kappa shape index (κ3) is 4.76. The van der Waals surface area contributed by atoms with E-state index in [2.05, 4.69) is 4.98 Å². The predicted octanol–water partition coefficient (Wildman–Crippen LogP) is 1.42. The topological polar surface area (TPSA) is 71.8 Å². The quantitative estimate of drug-likeness (QED) is 0.630. The molecule has 1 N–H and O–H groups in total. The van der Waals surface area contributed by atoms with Crippen LogP contribution in [0.25, 0.3) is 10.2 Å². The summed E-state index contributed by atoms with van der Waals surface area (Å²) < 4.78 is 25.0. The molecular formula is C20H24N3O3S2+. The summed E-state index contributed by atoms with van der Waals surface area (Å²) in [6.45, 7) is 1.28. The molecule has 1 amide bonds. The molecule has 2 aromatic carbocycles. The predicted molar refractivity (Wildman–Crippen MR) is 113 cm³/mol. The molecule has 1 aromatic heterocycles. The first-order chi connectivity index (χ1) is 13.3. The summed E-state index contributed by atoms with van der Waals surface area (Å²) in [6, 6.07) is 14.7. The van der Waals surface area contributed by atoms with Gasteiger partial charge in [0.15, 0.2) is 15.0 Å². The molecule has 0 saturated carbocycles. The number of aromatic nitrogens is 1. The average Bonchev–Trinajstić information content (AvgIpc) is 3.05. The van der Waals surface area contributed by atoms with Gasteiger partial charge in [0.05, 0.1) is 43.2 Å². The van der Waals surface area contributed by atoms with E-state index >= 15 is 0 Å². The Morgan fingerprint density at radius 3 is 2.46 bits per heavy atom. The van der Waals surface area contributed by atoms with Crippen LogP contribution in [-0.2, 0) is 21.1 Å². The van der Waals surface area contributed by atoms with Gasteiger partial charge in [-0.25, -0.2) is 13.4 Å². The summed E-state index contributed by atoms with van der Waals surface area (Å²) in [4.78, 5) is 20.7. The van der Waals surface area contributed by atoms with Gasteiger partial charge in [0.2, 0.25) is 5.91 Å². The van der Waals surface area contributed by atoms with Gasteiger partial charge in [-0.3, -0.25) is 9.69 Å². The lowest BCUT2D eigenvalue weighted by Crippen LogP contribution is -3.06. The molecule has 28 heavy (non-hydrogen) atoms. The molecule has 0 aliphatic rings. The summed E-state index contributed by atoms with van der Waals surface area (Å²) >= 11 is 1.35. The summed E-state index contributed by atoms with van der Waals surface area (Å²) in [5.74, 6) is -0.0487. The van der Waals surface area contributed by atoms with Gasteiger partial charge in [0.1, 0.15) is 5.52 Å². The van der Waals surface area contributed by atoms with Gasteiger partial charge in [-0.2, -0.15) is 0 Å². The number of carbonyl (C=O) groups excluding carboxylic acids is 1. The summed E-state index contributed by atoms with van der Waals surface area (Å²) in [5, 5.41) is 0.535. The SMILES string of the molecule is C[NH+](C)CCN(C(=O)Cc1ccccc1)c1nc2c(S(C)(=O)=O)cccc2s1. The fourth-order valence-electron chi connectivity index (χ4n) is 2.85. The summed E-state index contributed by atoms with van der Waals surface area (Å²) in [5.41, 5.74) is 1.37. The highest BCUT2D eigenvalue weighted by Gasteiger charge is 2.23. The van der Waals surface area contributed by atoms with E-state index in [0.717, 1.165) is 16.8 Å². The third-order valence-corrected chi connectivity index (χ3v) is 6.51. The molecule has 0 aliphatic carbocycles. The van der Waals surface area contributed by atoms with Crippen molar-refractivity contribution in [2.75, 3.05) is 38.3 Å². The number of benzene rings is 2. The Morgan fingerprint density at radius 1 is 1.11 bits per heavy atom. The van der Waals surface area contributed by atoms with Crippen molar-refractivity contribution >= 4 is 42.4 Å². The van der Waals surface area contributed by atoms with Crippen molar-refractivity contribution in [3.05, 3.63) is 54.1 Å². The number of hydrogen-bond acceptors (Lipinski definition) is 5. The minimum absolute atomic E-state index is 0.0487. The minimum Gasteiger partial charge on any atom is -0.338 e. The number of hydrogen-bond donors (Lipinski definition) is 1. The van der Waals surface area contributed by atoms with Crippen LogP contribution in [-0.4, -0.2) is 52.7 Å². The second kappa shape index (κ2) is 8.38. The van der Waals surface area contributed by atoms with E-state index in [9.17, 15) is 13.2 Å². The third-order valence-electron chi connectivity index (χ3n) is 4.34. The van der Waals surface area contributed by atoms with Crippen molar-refractivity contribution in [2.45, 2.75) is 11.3 Å². The fraction of sp³-hybridized carbons (Fsp3) is 0.300. The van der Waals surface area contributed by atoms with Crippen molar-refractivity contribution in [3.8, 4) is 0 Å². The van der Waals surface area contributed by atoms with Crippen LogP contribution in [0, 0.1) is 0 Å². The monoisotopic (exact) mass is 418 g/mol. The van der Waals surface area contributed by atoms with E-state index in [-0.39, 0.29) is 17.2 Å². The number of likely N-dealkylation sites (N-methyl/N-ethyl adjacent to an activating group) is 1. The zero-order chi connectivity index (χ0) is 20.3. The van der Waals surface area contributed by atoms with Crippen LogP contribution in [0.4, 0.5) is 5.13 Å². The lowest BCUT2D eigenvalue weighted by molar-refractivity contribution is -0.856. The maximum atomic E-state index is 13.0. The molecule has 0 aliphatic heterocycles. The first-order valence-corrected chi connectivity index (χ1v) is 11.7. The number of carbonyl (C=O) groups is 1. The van der Waals surface area contributed by atoms with Crippen LogP contribution in [0.2, 0.25) is 0 Å². The van der Waals surface area contributed by atoms with Crippen LogP contribution in [0.3, 0.4) is 0 Å².